The Kier molecular flexibility index (Phi) is 7.15. The summed E-state index contributed by atoms with van der Waals surface area (Å²) >= 11 is 0. The SMILES string of the molecule is CC(C)COC(=O)c1nc2c(n1C)CCN(C[C@H](C)O[Si](C)(C)C(C)(C)C)C2. The molecule has 0 saturated carbocycles. The van der Waals surface area contributed by atoms with E-state index in [1.807, 2.05) is 25.5 Å². The van der Waals surface area contributed by atoms with Gasteiger partial charge in [-0.05, 0) is 31.0 Å². The highest BCUT2D eigenvalue weighted by Gasteiger charge is 2.38. The molecule has 2 rings (SSSR count). The average molecular weight is 410 g/mol. The second-order valence-electron chi connectivity index (χ2n) is 10.1. The summed E-state index contributed by atoms with van der Waals surface area (Å²) in [4.78, 5) is 19.4. The van der Waals surface area contributed by atoms with Gasteiger partial charge < -0.3 is 13.7 Å². The fraction of sp³-hybridized carbons (Fsp3) is 0.810. The van der Waals surface area contributed by atoms with Crippen molar-refractivity contribution in [2.24, 2.45) is 13.0 Å². The van der Waals surface area contributed by atoms with Crippen LogP contribution in [-0.2, 0) is 29.2 Å². The Morgan fingerprint density at radius 1 is 1.25 bits per heavy atom. The number of aromatic nitrogens is 2. The van der Waals surface area contributed by atoms with Gasteiger partial charge in [0.25, 0.3) is 0 Å². The number of carbonyl (C=O) groups excluding carboxylic acids is 1. The zero-order valence-corrected chi connectivity index (χ0v) is 20.3. The van der Waals surface area contributed by atoms with Crippen LogP contribution in [0.3, 0.4) is 0 Å². The van der Waals surface area contributed by atoms with Crippen molar-refractivity contribution in [3.63, 3.8) is 0 Å². The Morgan fingerprint density at radius 2 is 1.89 bits per heavy atom. The van der Waals surface area contributed by atoms with Crippen molar-refractivity contribution in [3.05, 3.63) is 17.2 Å². The molecule has 0 N–H and O–H groups in total. The van der Waals surface area contributed by atoms with Gasteiger partial charge in [0.05, 0.1) is 18.4 Å². The first-order valence-electron chi connectivity index (χ1n) is 10.4. The molecular weight excluding hydrogens is 370 g/mol. The lowest BCUT2D eigenvalue weighted by Crippen LogP contribution is -2.46. The van der Waals surface area contributed by atoms with Gasteiger partial charge in [0.2, 0.25) is 5.82 Å². The van der Waals surface area contributed by atoms with Crippen LogP contribution in [-0.4, -0.2) is 54.5 Å². The molecule has 0 saturated heterocycles. The first-order valence-corrected chi connectivity index (χ1v) is 13.3. The van der Waals surface area contributed by atoms with Crippen LogP contribution in [0.4, 0.5) is 0 Å². The van der Waals surface area contributed by atoms with E-state index < -0.39 is 8.32 Å². The van der Waals surface area contributed by atoms with E-state index in [1.165, 1.54) is 0 Å². The summed E-state index contributed by atoms with van der Waals surface area (Å²) in [6.45, 7) is 20.7. The quantitative estimate of drug-likeness (QED) is 0.503. The van der Waals surface area contributed by atoms with Crippen molar-refractivity contribution in [1.29, 1.82) is 0 Å². The molecule has 1 aliphatic rings. The Labute approximate surface area is 171 Å². The number of hydrogen-bond acceptors (Lipinski definition) is 5. The number of ether oxygens (including phenoxy) is 1. The maximum Gasteiger partial charge on any atom is 0.374 e. The monoisotopic (exact) mass is 409 g/mol. The number of hydrogen-bond donors (Lipinski definition) is 0. The van der Waals surface area contributed by atoms with Gasteiger partial charge in [0.15, 0.2) is 8.32 Å². The maximum absolute atomic E-state index is 12.4. The third-order valence-electron chi connectivity index (χ3n) is 5.88. The van der Waals surface area contributed by atoms with Crippen molar-refractivity contribution in [2.75, 3.05) is 19.7 Å². The molecular formula is C21H39N3O3Si. The van der Waals surface area contributed by atoms with E-state index in [0.717, 1.165) is 37.4 Å². The molecule has 28 heavy (non-hydrogen) atoms. The lowest BCUT2D eigenvalue weighted by molar-refractivity contribution is 0.0440. The minimum Gasteiger partial charge on any atom is -0.460 e. The second-order valence-corrected chi connectivity index (χ2v) is 14.8. The fourth-order valence-corrected chi connectivity index (χ4v) is 4.74. The van der Waals surface area contributed by atoms with Crippen LogP contribution < -0.4 is 0 Å². The smallest absolute Gasteiger partial charge is 0.374 e. The first-order chi connectivity index (χ1) is 12.8. The molecule has 160 valence electrons. The minimum absolute atomic E-state index is 0.182. The van der Waals surface area contributed by atoms with Crippen LogP contribution >= 0.6 is 0 Å². The third-order valence-corrected chi connectivity index (χ3v) is 10.5. The van der Waals surface area contributed by atoms with E-state index >= 15 is 0 Å². The highest BCUT2D eigenvalue weighted by molar-refractivity contribution is 6.74. The largest absolute Gasteiger partial charge is 0.460 e. The van der Waals surface area contributed by atoms with Gasteiger partial charge in [-0.2, -0.15) is 0 Å². The normalized spacial score (nSPS) is 16.9. The number of rotatable bonds is 7. The van der Waals surface area contributed by atoms with E-state index in [9.17, 15) is 4.79 Å². The van der Waals surface area contributed by atoms with E-state index in [2.05, 4.69) is 50.7 Å². The van der Waals surface area contributed by atoms with Crippen molar-refractivity contribution >= 4 is 14.3 Å². The zero-order valence-electron chi connectivity index (χ0n) is 19.3. The summed E-state index contributed by atoms with van der Waals surface area (Å²) in [5, 5.41) is 0.211. The molecule has 6 nitrogen and oxygen atoms in total. The van der Waals surface area contributed by atoms with Gasteiger partial charge in [0.1, 0.15) is 0 Å². The standard InChI is InChI=1S/C21H39N3O3Si/c1-15(2)14-26-20(25)19-22-17-13-24(11-10-18(17)23(19)7)12-16(3)27-28(8,9)21(4,5)6/h15-16H,10-14H2,1-9H3/t16-/m0/s1. The van der Waals surface area contributed by atoms with Crippen molar-refractivity contribution in [2.45, 2.75) is 78.7 Å². The highest BCUT2D eigenvalue weighted by atomic mass is 28.4. The number of fused-ring (bicyclic) bond motifs is 1. The Balaban J connectivity index is 2.01. The number of esters is 1. The molecule has 0 amide bonds. The maximum atomic E-state index is 12.4. The van der Waals surface area contributed by atoms with Gasteiger partial charge in [-0.1, -0.05) is 34.6 Å². The molecule has 1 atom stereocenters. The summed E-state index contributed by atoms with van der Waals surface area (Å²) in [7, 11) is 0.143. The van der Waals surface area contributed by atoms with Crippen molar-refractivity contribution in [3.8, 4) is 0 Å². The molecule has 0 radical (unpaired) electrons. The van der Waals surface area contributed by atoms with E-state index in [0.29, 0.717) is 18.3 Å². The highest BCUT2D eigenvalue weighted by Crippen LogP contribution is 2.37. The van der Waals surface area contributed by atoms with E-state index in [4.69, 9.17) is 9.16 Å². The molecule has 0 aliphatic carbocycles. The number of nitrogens with zero attached hydrogens (tertiary/aromatic N) is 3. The first kappa shape index (κ1) is 23.1. The van der Waals surface area contributed by atoms with Gasteiger partial charge in [-0.15, -0.1) is 0 Å². The molecule has 0 aromatic carbocycles. The van der Waals surface area contributed by atoms with Crippen LogP contribution in [0.1, 0.15) is 63.5 Å². The molecule has 1 aromatic rings. The number of imidazole rings is 1. The summed E-state index contributed by atoms with van der Waals surface area (Å²) in [5.41, 5.74) is 2.13. The second kappa shape index (κ2) is 8.67. The summed E-state index contributed by atoms with van der Waals surface area (Å²) in [6, 6.07) is 0. The summed E-state index contributed by atoms with van der Waals surface area (Å²) in [5.74, 6) is 0.404. The lowest BCUT2D eigenvalue weighted by Gasteiger charge is -2.40. The minimum atomic E-state index is -1.77. The van der Waals surface area contributed by atoms with Gasteiger partial charge in [0, 0.05) is 38.8 Å². The molecule has 0 spiro atoms. The summed E-state index contributed by atoms with van der Waals surface area (Å²) in [6.07, 6.45) is 1.07. The van der Waals surface area contributed by atoms with Crippen molar-refractivity contribution < 1.29 is 14.0 Å². The van der Waals surface area contributed by atoms with Crippen LogP contribution in [0.25, 0.3) is 0 Å². The van der Waals surface area contributed by atoms with Crippen LogP contribution in [0.15, 0.2) is 0 Å². The molecule has 0 fully saturated rings. The average Bonchev–Trinajstić information content (AvgIpc) is 2.87. The molecule has 1 aromatic heterocycles. The van der Waals surface area contributed by atoms with Gasteiger partial charge in [-0.25, -0.2) is 9.78 Å². The van der Waals surface area contributed by atoms with Crippen LogP contribution in [0.2, 0.25) is 18.1 Å². The molecule has 0 unspecified atom stereocenters. The van der Waals surface area contributed by atoms with Gasteiger partial charge in [-0.3, -0.25) is 4.90 Å². The van der Waals surface area contributed by atoms with Gasteiger partial charge >= 0.3 is 5.97 Å². The lowest BCUT2D eigenvalue weighted by atomic mass is 10.1. The van der Waals surface area contributed by atoms with E-state index in [-0.39, 0.29) is 17.1 Å². The van der Waals surface area contributed by atoms with Crippen LogP contribution in [0, 0.1) is 5.92 Å². The molecule has 1 aliphatic heterocycles. The van der Waals surface area contributed by atoms with E-state index in [1.54, 1.807) is 0 Å². The Bertz CT molecular complexity index is 692. The summed E-state index contributed by atoms with van der Waals surface area (Å²) < 4.78 is 13.8. The Hall–Kier alpha value is -1.18. The predicted octanol–water partition coefficient (Wildman–Crippen LogP) is 4.00. The van der Waals surface area contributed by atoms with Crippen molar-refractivity contribution in [1.82, 2.24) is 14.5 Å². The molecule has 0 bridgehead atoms. The fourth-order valence-electron chi connectivity index (χ4n) is 3.31. The Morgan fingerprint density at radius 3 is 2.46 bits per heavy atom. The molecule has 2 heterocycles. The third kappa shape index (κ3) is 5.45. The van der Waals surface area contributed by atoms with Crippen LogP contribution in [0.5, 0.6) is 0 Å². The number of carbonyl (C=O) groups is 1. The predicted molar refractivity (Wildman–Crippen MR) is 115 cm³/mol. The topological polar surface area (TPSA) is 56.6 Å². The molecule has 7 heteroatoms. The zero-order chi connectivity index (χ0) is 21.3.